The second-order valence-electron chi connectivity index (χ2n) is 7.65. The maximum atomic E-state index is 14.3. The largest absolute Gasteiger partial charge is 0.274 e. The zero-order chi connectivity index (χ0) is 24.4. The molecule has 0 radical (unpaired) electrons. The first-order valence-electron chi connectivity index (χ1n) is 10.4. The molecule has 34 heavy (non-hydrogen) atoms. The molecule has 1 unspecified atom stereocenters. The van der Waals surface area contributed by atoms with E-state index in [1.54, 1.807) is 25.1 Å². The predicted molar refractivity (Wildman–Crippen MR) is 119 cm³/mol. The van der Waals surface area contributed by atoms with Crippen molar-refractivity contribution in [3.8, 4) is 0 Å². The van der Waals surface area contributed by atoms with E-state index in [2.05, 4.69) is 5.43 Å². The highest BCUT2D eigenvalue weighted by molar-refractivity contribution is 6.23. The Morgan fingerprint density at radius 3 is 2.12 bits per heavy atom. The van der Waals surface area contributed by atoms with E-state index in [-0.39, 0.29) is 16.8 Å². The predicted octanol–water partition coefficient (Wildman–Crippen LogP) is 3.39. The van der Waals surface area contributed by atoms with Crippen LogP contribution in [0.1, 0.15) is 32.7 Å². The van der Waals surface area contributed by atoms with Gasteiger partial charge in [0.2, 0.25) is 5.91 Å². The van der Waals surface area contributed by atoms with Crippen LogP contribution in [-0.2, 0) is 9.59 Å². The first kappa shape index (κ1) is 22.8. The number of imide groups is 1. The molecule has 1 atom stereocenters. The number of aryl methyl sites for hydroxylation is 1. The van der Waals surface area contributed by atoms with E-state index in [1.807, 2.05) is 0 Å². The molecule has 172 valence electrons. The minimum Gasteiger partial charge on any atom is -0.274 e. The minimum atomic E-state index is -1.46. The number of rotatable bonds is 4. The molecule has 3 aromatic carbocycles. The number of nitrogens with one attached hydrogen (secondary N) is 1. The monoisotopic (exact) mass is 463 g/mol. The number of hydrogen-bond donors (Lipinski definition) is 1. The number of nitrogens with zero attached hydrogens (tertiary/aromatic N) is 2. The molecule has 0 aromatic heterocycles. The second kappa shape index (κ2) is 9.22. The number of hydrogen-bond acceptors (Lipinski definition) is 4. The number of benzene rings is 3. The SMILES string of the molecule is Cc1ccccc1C(=O)N(NC(=O)c1ccccc1F)C1CC(=O)N(c2ccccc2F)C1=O. The Kier molecular flexibility index (Phi) is 6.18. The average Bonchev–Trinajstić information content (AvgIpc) is 3.11. The molecule has 1 saturated heterocycles. The molecule has 1 N–H and O–H groups in total. The fourth-order valence-electron chi connectivity index (χ4n) is 3.73. The molecule has 9 heteroatoms. The lowest BCUT2D eigenvalue weighted by atomic mass is 10.1. The van der Waals surface area contributed by atoms with Crippen molar-refractivity contribution in [1.29, 1.82) is 0 Å². The normalized spacial score (nSPS) is 15.4. The third kappa shape index (κ3) is 4.15. The summed E-state index contributed by atoms with van der Waals surface area (Å²) in [5.74, 6) is -5.02. The number of anilines is 1. The van der Waals surface area contributed by atoms with Crippen molar-refractivity contribution in [1.82, 2.24) is 10.4 Å². The summed E-state index contributed by atoms with van der Waals surface area (Å²) in [6.07, 6.45) is -0.498. The first-order valence-corrected chi connectivity index (χ1v) is 10.4. The van der Waals surface area contributed by atoms with E-state index in [0.717, 1.165) is 17.1 Å². The molecule has 0 saturated carbocycles. The van der Waals surface area contributed by atoms with Crippen LogP contribution in [0.5, 0.6) is 0 Å². The van der Waals surface area contributed by atoms with Crippen molar-refractivity contribution in [2.45, 2.75) is 19.4 Å². The van der Waals surface area contributed by atoms with Crippen LogP contribution >= 0.6 is 0 Å². The van der Waals surface area contributed by atoms with Gasteiger partial charge in [0, 0.05) is 5.56 Å². The van der Waals surface area contributed by atoms with Crippen molar-refractivity contribution in [3.63, 3.8) is 0 Å². The van der Waals surface area contributed by atoms with Crippen LogP contribution in [0.15, 0.2) is 72.8 Å². The Morgan fingerprint density at radius 2 is 1.47 bits per heavy atom. The van der Waals surface area contributed by atoms with E-state index in [1.165, 1.54) is 42.5 Å². The summed E-state index contributed by atoms with van der Waals surface area (Å²) >= 11 is 0. The van der Waals surface area contributed by atoms with Gasteiger partial charge in [-0.3, -0.25) is 24.6 Å². The Morgan fingerprint density at radius 1 is 0.882 bits per heavy atom. The molecule has 7 nitrogen and oxygen atoms in total. The minimum absolute atomic E-state index is 0.168. The molecule has 0 bridgehead atoms. The van der Waals surface area contributed by atoms with Crippen LogP contribution in [0.25, 0.3) is 0 Å². The molecule has 4 amide bonds. The molecular formula is C25H19F2N3O4. The van der Waals surface area contributed by atoms with Crippen LogP contribution in [-0.4, -0.2) is 34.7 Å². The van der Waals surface area contributed by atoms with Gasteiger partial charge in [0.05, 0.1) is 17.7 Å². The number of carbonyl (C=O) groups excluding carboxylic acids is 4. The summed E-state index contributed by atoms with van der Waals surface area (Å²) in [7, 11) is 0. The van der Waals surface area contributed by atoms with Crippen LogP contribution in [0.2, 0.25) is 0 Å². The fraction of sp³-hybridized carbons (Fsp3) is 0.120. The third-order valence-electron chi connectivity index (χ3n) is 5.46. The topological polar surface area (TPSA) is 86.8 Å². The summed E-state index contributed by atoms with van der Waals surface area (Å²) in [5.41, 5.74) is 2.40. The van der Waals surface area contributed by atoms with E-state index in [4.69, 9.17) is 0 Å². The summed E-state index contributed by atoms with van der Waals surface area (Å²) in [5, 5.41) is 0.720. The molecule has 1 heterocycles. The zero-order valence-corrected chi connectivity index (χ0v) is 18.0. The van der Waals surface area contributed by atoms with Gasteiger partial charge in [-0.25, -0.2) is 18.7 Å². The van der Waals surface area contributed by atoms with Crippen molar-refractivity contribution < 1.29 is 28.0 Å². The fourth-order valence-corrected chi connectivity index (χ4v) is 3.73. The number of amides is 4. The van der Waals surface area contributed by atoms with Gasteiger partial charge in [-0.15, -0.1) is 0 Å². The molecule has 0 spiro atoms. The maximum absolute atomic E-state index is 14.3. The van der Waals surface area contributed by atoms with E-state index >= 15 is 0 Å². The van der Waals surface area contributed by atoms with Gasteiger partial charge in [-0.05, 0) is 42.8 Å². The van der Waals surface area contributed by atoms with E-state index < -0.39 is 47.7 Å². The van der Waals surface area contributed by atoms with Crippen LogP contribution < -0.4 is 10.3 Å². The Hall–Kier alpha value is -4.40. The molecule has 1 fully saturated rings. The lowest BCUT2D eigenvalue weighted by Crippen LogP contribution is -2.55. The van der Waals surface area contributed by atoms with Gasteiger partial charge in [-0.2, -0.15) is 0 Å². The molecule has 1 aliphatic heterocycles. The molecule has 0 aliphatic carbocycles. The van der Waals surface area contributed by atoms with E-state index in [9.17, 15) is 28.0 Å². The van der Waals surface area contributed by atoms with Gasteiger partial charge >= 0.3 is 0 Å². The van der Waals surface area contributed by atoms with Crippen molar-refractivity contribution in [3.05, 3.63) is 101 Å². The Bertz CT molecular complexity index is 1310. The first-order chi connectivity index (χ1) is 16.3. The number of halogens is 2. The zero-order valence-electron chi connectivity index (χ0n) is 18.0. The van der Waals surface area contributed by atoms with Crippen LogP contribution in [0.4, 0.5) is 14.5 Å². The average molecular weight is 463 g/mol. The quantitative estimate of drug-likeness (QED) is 0.475. The number of para-hydroxylation sites is 1. The standard InChI is InChI=1S/C25H19F2N3O4/c1-15-8-2-3-9-16(15)24(33)30(28-23(32)17-10-4-5-11-18(17)26)21-14-22(31)29(25(21)34)20-13-7-6-12-19(20)27/h2-13,21H,14H2,1H3,(H,28,32). The highest BCUT2D eigenvalue weighted by atomic mass is 19.1. The summed E-state index contributed by atoms with van der Waals surface area (Å²) in [6, 6.07) is 15.4. The van der Waals surface area contributed by atoms with E-state index in [0.29, 0.717) is 10.5 Å². The van der Waals surface area contributed by atoms with Crippen LogP contribution in [0, 0.1) is 18.6 Å². The maximum Gasteiger partial charge on any atom is 0.273 e. The van der Waals surface area contributed by atoms with Crippen molar-refractivity contribution >= 4 is 29.3 Å². The summed E-state index contributed by atoms with van der Waals surface area (Å²) < 4.78 is 28.5. The van der Waals surface area contributed by atoms with Crippen LogP contribution in [0.3, 0.4) is 0 Å². The summed E-state index contributed by atoms with van der Waals surface area (Å²) in [4.78, 5) is 52.9. The van der Waals surface area contributed by atoms with Gasteiger partial charge < -0.3 is 0 Å². The molecule has 1 aliphatic rings. The second-order valence-corrected chi connectivity index (χ2v) is 7.65. The highest BCUT2D eigenvalue weighted by Gasteiger charge is 2.46. The summed E-state index contributed by atoms with van der Waals surface area (Å²) in [6.45, 7) is 1.66. The van der Waals surface area contributed by atoms with Gasteiger partial charge in [0.25, 0.3) is 17.7 Å². The van der Waals surface area contributed by atoms with Crippen molar-refractivity contribution in [2.75, 3.05) is 4.90 Å². The third-order valence-corrected chi connectivity index (χ3v) is 5.46. The lowest BCUT2D eigenvalue weighted by molar-refractivity contribution is -0.122. The molecule has 4 rings (SSSR count). The highest BCUT2D eigenvalue weighted by Crippen LogP contribution is 2.28. The van der Waals surface area contributed by atoms with Gasteiger partial charge in [0.15, 0.2) is 0 Å². The molecule has 3 aromatic rings. The van der Waals surface area contributed by atoms with Gasteiger partial charge in [-0.1, -0.05) is 42.5 Å². The smallest absolute Gasteiger partial charge is 0.273 e. The number of hydrazine groups is 1. The Labute approximate surface area is 193 Å². The van der Waals surface area contributed by atoms with Crippen molar-refractivity contribution in [2.24, 2.45) is 0 Å². The lowest BCUT2D eigenvalue weighted by Gasteiger charge is -2.28. The molecular weight excluding hydrogens is 444 g/mol. The van der Waals surface area contributed by atoms with Gasteiger partial charge in [0.1, 0.15) is 17.7 Å². The Balaban J connectivity index is 1.73. The number of carbonyl (C=O) groups is 4.